The van der Waals surface area contributed by atoms with E-state index in [4.69, 9.17) is 9.84 Å². The van der Waals surface area contributed by atoms with Crippen molar-refractivity contribution in [1.82, 2.24) is 4.90 Å². The van der Waals surface area contributed by atoms with Crippen LogP contribution < -0.4 is 15.4 Å². The molecule has 7 heteroatoms. The molecule has 2 aromatic carbocycles. The van der Waals surface area contributed by atoms with E-state index in [9.17, 15) is 9.59 Å². The molecule has 0 unspecified atom stereocenters. The maximum absolute atomic E-state index is 12.3. The molecule has 0 radical (unpaired) electrons. The Morgan fingerprint density at radius 2 is 1.68 bits per heavy atom. The van der Waals surface area contributed by atoms with Crippen molar-refractivity contribution in [3.8, 4) is 5.75 Å². The van der Waals surface area contributed by atoms with Gasteiger partial charge in [0.05, 0.1) is 0 Å². The first-order chi connectivity index (χ1) is 11.9. The Morgan fingerprint density at radius 3 is 2.28 bits per heavy atom. The van der Waals surface area contributed by atoms with Gasteiger partial charge in [-0.25, -0.2) is 4.79 Å². The largest absolute Gasteiger partial charge is 0.492 e. The fourth-order valence-electron chi connectivity index (χ4n) is 2.04. The van der Waals surface area contributed by atoms with Gasteiger partial charge in [-0.3, -0.25) is 10.1 Å². The summed E-state index contributed by atoms with van der Waals surface area (Å²) in [6.07, 6.45) is -1.14. The van der Waals surface area contributed by atoms with Crippen LogP contribution in [0.3, 0.4) is 0 Å². The molecule has 3 N–H and O–H groups in total. The predicted octanol–water partition coefficient (Wildman–Crippen LogP) is 2.97. The Labute approximate surface area is 146 Å². The van der Waals surface area contributed by atoms with Gasteiger partial charge in [-0.1, -0.05) is 6.07 Å². The van der Waals surface area contributed by atoms with E-state index in [1.165, 1.54) is 0 Å². The maximum Gasteiger partial charge on any atom is 0.409 e. The van der Waals surface area contributed by atoms with Gasteiger partial charge in [-0.15, -0.1) is 0 Å². The zero-order chi connectivity index (χ0) is 18.2. The molecule has 0 spiro atoms. The number of carbonyl (C=O) groups is 2. The van der Waals surface area contributed by atoms with Crippen LogP contribution in [0.1, 0.15) is 10.4 Å². The van der Waals surface area contributed by atoms with Crippen LogP contribution in [0.2, 0.25) is 0 Å². The van der Waals surface area contributed by atoms with Crippen molar-refractivity contribution in [2.75, 3.05) is 37.9 Å². The molecule has 25 heavy (non-hydrogen) atoms. The molecule has 0 aliphatic rings. The third-order valence-corrected chi connectivity index (χ3v) is 3.30. The Morgan fingerprint density at radius 1 is 1.04 bits per heavy atom. The summed E-state index contributed by atoms with van der Waals surface area (Å²) in [7, 11) is 3.93. The normalized spacial score (nSPS) is 10.4. The second-order valence-electron chi connectivity index (χ2n) is 5.64. The van der Waals surface area contributed by atoms with E-state index < -0.39 is 6.09 Å². The molecule has 0 aromatic heterocycles. The third kappa shape index (κ3) is 6.15. The monoisotopic (exact) mass is 343 g/mol. The van der Waals surface area contributed by atoms with Gasteiger partial charge in [0.1, 0.15) is 12.4 Å². The van der Waals surface area contributed by atoms with Crippen molar-refractivity contribution < 1.29 is 19.4 Å². The number of carboxylic acid groups (broad SMARTS) is 1. The standard InChI is InChI=1S/C18H21N3O4/c1-21(2)10-11-25-16-5-3-4-13(12-16)17(22)19-14-6-8-15(9-7-14)20-18(23)24/h3-9,12,20H,10-11H2,1-2H3,(H,19,22)(H,23,24). The summed E-state index contributed by atoms with van der Waals surface area (Å²) in [6.45, 7) is 1.32. The molecule has 2 rings (SSSR count). The number of hydrogen-bond donors (Lipinski definition) is 3. The quantitative estimate of drug-likeness (QED) is 0.719. The number of hydrogen-bond acceptors (Lipinski definition) is 4. The zero-order valence-electron chi connectivity index (χ0n) is 14.2. The summed E-state index contributed by atoms with van der Waals surface area (Å²) in [5.74, 6) is 0.368. The number of rotatable bonds is 7. The van der Waals surface area contributed by atoms with Gasteiger partial charge in [0.15, 0.2) is 0 Å². The first kappa shape index (κ1) is 18.3. The summed E-state index contributed by atoms with van der Waals surface area (Å²) in [5, 5.41) is 13.7. The fourth-order valence-corrected chi connectivity index (χ4v) is 2.04. The third-order valence-electron chi connectivity index (χ3n) is 3.30. The average molecular weight is 343 g/mol. The van der Waals surface area contributed by atoms with Crippen molar-refractivity contribution in [3.63, 3.8) is 0 Å². The molecule has 0 saturated carbocycles. The summed E-state index contributed by atoms with van der Waals surface area (Å²) < 4.78 is 5.63. The van der Waals surface area contributed by atoms with Crippen molar-refractivity contribution >= 4 is 23.4 Å². The molecule has 0 heterocycles. The highest BCUT2D eigenvalue weighted by atomic mass is 16.5. The van der Waals surface area contributed by atoms with Gasteiger partial charge in [0.2, 0.25) is 0 Å². The van der Waals surface area contributed by atoms with Gasteiger partial charge in [-0.2, -0.15) is 0 Å². The van der Waals surface area contributed by atoms with Crippen LogP contribution >= 0.6 is 0 Å². The Hall–Kier alpha value is -3.06. The molecule has 0 saturated heterocycles. The summed E-state index contributed by atoms with van der Waals surface area (Å²) in [6, 6.07) is 13.4. The number of carbonyl (C=O) groups excluding carboxylic acids is 1. The average Bonchev–Trinajstić information content (AvgIpc) is 2.56. The molecule has 0 fully saturated rings. The van der Waals surface area contributed by atoms with E-state index in [1.54, 1.807) is 48.5 Å². The molecule has 0 bridgehead atoms. The summed E-state index contributed by atoms with van der Waals surface area (Å²) in [4.78, 5) is 24.9. The second-order valence-corrected chi connectivity index (χ2v) is 5.64. The smallest absolute Gasteiger partial charge is 0.409 e. The number of amides is 2. The van der Waals surface area contributed by atoms with Gasteiger partial charge in [0, 0.05) is 23.5 Å². The van der Waals surface area contributed by atoms with Crippen LogP contribution in [0.25, 0.3) is 0 Å². The van der Waals surface area contributed by atoms with Gasteiger partial charge in [-0.05, 0) is 56.6 Å². The van der Waals surface area contributed by atoms with Crippen LogP contribution in [0.5, 0.6) is 5.75 Å². The van der Waals surface area contributed by atoms with Crippen molar-refractivity contribution in [3.05, 3.63) is 54.1 Å². The number of likely N-dealkylation sites (N-methyl/N-ethyl adjacent to an activating group) is 1. The van der Waals surface area contributed by atoms with E-state index >= 15 is 0 Å². The van der Waals surface area contributed by atoms with Crippen molar-refractivity contribution in [2.24, 2.45) is 0 Å². The number of ether oxygens (including phenoxy) is 1. The van der Waals surface area contributed by atoms with Gasteiger partial charge in [0.25, 0.3) is 5.91 Å². The number of anilines is 2. The fraction of sp³-hybridized carbons (Fsp3) is 0.222. The van der Waals surface area contributed by atoms with E-state index in [-0.39, 0.29) is 5.91 Å². The lowest BCUT2D eigenvalue weighted by Crippen LogP contribution is -2.19. The molecule has 132 valence electrons. The summed E-state index contributed by atoms with van der Waals surface area (Å²) >= 11 is 0. The van der Waals surface area contributed by atoms with Crippen molar-refractivity contribution in [1.29, 1.82) is 0 Å². The Kier molecular flexibility index (Phi) is 6.36. The Balaban J connectivity index is 1.97. The minimum absolute atomic E-state index is 0.267. The molecular formula is C18H21N3O4. The van der Waals surface area contributed by atoms with E-state index in [1.807, 2.05) is 19.0 Å². The summed E-state index contributed by atoms with van der Waals surface area (Å²) in [5.41, 5.74) is 1.48. The first-order valence-corrected chi connectivity index (χ1v) is 7.73. The van der Waals surface area contributed by atoms with E-state index in [2.05, 4.69) is 10.6 Å². The zero-order valence-corrected chi connectivity index (χ0v) is 14.2. The van der Waals surface area contributed by atoms with Gasteiger partial charge >= 0.3 is 6.09 Å². The SMILES string of the molecule is CN(C)CCOc1cccc(C(=O)Nc2ccc(NC(=O)O)cc2)c1. The molecular weight excluding hydrogens is 322 g/mol. The van der Waals surface area contributed by atoms with E-state index in [0.717, 1.165) is 6.54 Å². The van der Waals surface area contributed by atoms with Crippen LogP contribution in [-0.4, -0.2) is 49.3 Å². The highest BCUT2D eigenvalue weighted by Gasteiger charge is 2.08. The topological polar surface area (TPSA) is 90.9 Å². The second kappa shape index (κ2) is 8.70. The lowest BCUT2D eigenvalue weighted by molar-refractivity contribution is 0.102. The number of nitrogens with one attached hydrogen (secondary N) is 2. The highest BCUT2D eigenvalue weighted by Crippen LogP contribution is 2.17. The Bertz CT molecular complexity index is 729. The van der Waals surface area contributed by atoms with Crippen LogP contribution in [0.4, 0.5) is 16.2 Å². The molecule has 0 aliphatic heterocycles. The van der Waals surface area contributed by atoms with E-state index in [0.29, 0.717) is 29.3 Å². The van der Waals surface area contributed by atoms with Crippen molar-refractivity contribution in [2.45, 2.75) is 0 Å². The van der Waals surface area contributed by atoms with Gasteiger partial charge < -0.3 is 20.1 Å². The lowest BCUT2D eigenvalue weighted by Gasteiger charge is -2.12. The van der Waals surface area contributed by atoms with Crippen LogP contribution in [-0.2, 0) is 0 Å². The lowest BCUT2D eigenvalue weighted by atomic mass is 10.2. The molecule has 2 aromatic rings. The molecule has 0 aliphatic carbocycles. The van der Waals surface area contributed by atoms with Crippen LogP contribution in [0, 0.1) is 0 Å². The minimum atomic E-state index is -1.14. The van der Waals surface area contributed by atoms with Crippen LogP contribution in [0.15, 0.2) is 48.5 Å². The number of nitrogens with zero attached hydrogens (tertiary/aromatic N) is 1. The first-order valence-electron chi connectivity index (χ1n) is 7.73. The molecule has 7 nitrogen and oxygen atoms in total. The highest BCUT2D eigenvalue weighted by molar-refractivity contribution is 6.04. The molecule has 2 amide bonds. The number of benzene rings is 2. The maximum atomic E-state index is 12.3. The molecule has 0 atom stereocenters. The minimum Gasteiger partial charge on any atom is -0.492 e. The predicted molar refractivity (Wildman–Crippen MR) is 96.5 cm³/mol.